The molecule has 2 aromatic carbocycles. The number of likely N-dealkylation sites (N-methyl/N-ethyl adjacent to an activating group) is 1. The molecule has 0 radical (unpaired) electrons. The molecule has 1 aliphatic heterocycles. The molecule has 1 saturated heterocycles. The number of amides is 1. The van der Waals surface area contributed by atoms with Gasteiger partial charge in [0.2, 0.25) is 5.91 Å². The van der Waals surface area contributed by atoms with Crippen LogP contribution in [0.25, 0.3) is 12.4 Å². The van der Waals surface area contributed by atoms with Gasteiger partial charge in [0.05, 0.1) is 24.9 Å². The van der Waals surface area contributed by atoms with Crippen molar-refractivity contribution >= 4 is 42.2 Å². The standard InChI is InChI=1S/C23H27FN4O3.C6H13NO/c1-5-25-23(27-18-8-6-17(7-9-18)26-21(30)10-12-29)22-16(2)14-19(15-20(22)24)31-13-11-28(3)4;1-6(3-7-2)4-8-5-6/h5-9,12,14-15,27H,2,10-11,13H2,1,3-4H3,(H,26,30);7H,3-5H2,1-2H3/b23-22-,25-5-;. The number of nitrogens with one attached hydrogen (secondary N) is 3. The normalized spacial score (nSPS) is 14.6. The Hall–Kier alpha value is -3.60. The van der Waals surface area contributed by atoms with Crippen LogP contribution in [0.1, 0.15) is 20.3 Å². The molecule has 212 valence electrons. The summed E-state index contributed by atoms with van der Waals surface area (Å²) in [5.74, 6) is -0.195. The molecule has 0 unspecified atom stereocenters. The first-order chi connectivity index (χ1) is 18.6. The zero-order valence-corrected chi connectivity index (χ0v) is 23.5. The number of rotatable bonds is 12. The third-order valence-corrected chi connectivity index (χ3v) is 5.65. The Labute approximate surface area is 229 Å². The van der Waals surface area contributed by atoms with Gasteiger partial charge in [0.1, 0.15) is 30.3 Å². The number of hydrogen-bond acceptors (Lipinski definition) is 8. The Bertz CT molecular complexity index is 1230. The van der Waals surface area contributed by atoms with Crippen LogP contribution in [0.5, 0.6) is 5.75 Å². The lowest BCUT2D eigenvalue weighted by molar-refractivity contribution is -0.119. The smallest absolute Gasteiger partial charge is 0.231 e. The van der Waals surface area contributed by atoms with Crippen LogP contribution >= 0.6 is 0 Å². The van der Waals surface area contributed by atoms with E-state index in [4.69, 9.17) is 9.47 Å². The summed E-state index contributed by atoms with van der Waals surface area (Å²) in [7, 11) is 5.84. The first kappa shape index (κ1) is 31.6. The van der Waals surface area contributed by atoms with Crippen molar-refractivity contribution in [3.63, 3.8) is 0 Å². The zero-order valence-electron chi connectivity index (χ0n) is 23.5. The number of carbonyl (C=O) groups excluding carboxylic acids is 2. The molecule has 0 atom stereocenters. The highest BCUT2D eigenvalue weighted by Crippen LogP contribution is 2.24. The van der Waals surface area contributed by atoms with E-state index in [2.05, 4.69) is 34.4 Å². The number of aldehydes is 1. The molecule has 3 N–H and O–H groups in total. The van der Waals surface area contributed by atoms with Crippen LogP contribution in [0.3, 0.4) is 0 Å². The minimum absolute atomic E-state index is 0.205. The van der Waals surface area contributed by atoms with Crippen molar-refractivity contribution in [2.45, 2.75) is 20.3 Å². The summed E-state index contributed by atoms with van der Waals surface area (Å²) in [6, 6.07) is 9.75. The van der Waals surface area contributed by atoms with Gasteiger partial charge >= 0.3 is 0 Å². The van der Waals surface area contributed by atoms with Crippen molar-refractivity contribution in [1.29, 1.82) is 0 Å². The average molecular weight is 542 g/mol. The molecule has 39 heavy (non-hydrogen) atoms. The molecule has 0 bridgehead atoms. The molecule has 9 nitrogen and oxygen atoms in total. The van der Waals surface area contributed by atoms with E-state index in [0.717, 1.165) is 19.8 Å². The summed E-state index contributed by atoms with van der Waals surface area (Å²) in [5.41, 5.74) is 1.62. The second kappa shape index (κ2) is 15.7. The van der Waals surface area contributed by atoms with E-state index in [0.29, 0.717) is 53.0 Å². The van der Waals surface area contributed by atoms with Gasteiger partial charge in [-0.3, -0.25) is 4.79 Å². The van der Waals surface area contributed by atoms with E-state index < -0.39 is 11.7 Å². The van der Waals surface area contributed by atoms with Crippen molar-refractivity contribution < 1.29 is 23.5 Å². The number of hydrogen-bond donors (Lipinski definition) is 3. The summed E-state index contributed by atoms with van der Waals surface area (Å²) >= 11 is 0. The monoisotopic (exact) mass is 541 g/mol. The van der Waals surface area contributed by atoms with Crippen LogP contribution in [0.15, 0.2) is 41.4 Å². The number of aliphatic imine (C=N–C) groups is 1. The van der Waals surface area contributed by atoms with Crippen LogP contribution in [0.4, 0.5) is 15.8 Å². The fourth-order valence-electron chi connectivity index (χ4n) is 3.66. The summed E-state index contributed by atoms with van der Waals surface area (Å²) in [5, 5.41) is 9.49. The molecule has 1 amide bonds. The van der Waals surface area contributed by atoms with Crippen molar-refractivity contribution in [1.82, 2.24) is 10.2 Å². The lowest BCUT2D eigenvalue weighted by Gasteiger charge is -2.37. The Morgan fingerprint density at radius 1 is 1.21 bits per heavy atom. The molecule has 0 saturated carbocycles. The molecule has 1 heterocycles. The molecule has 3 rings (SSSR count). The Kier molecular flexibility index (Phi) is 12.7. The van der Waals surface area contributed by atoms with Gasteiger partial charge in [-0.15, -0.1) is 0 Å². The SMILES string of the molecule is C=c1cc(OCCN(C)C)cc(F)/c1=C(/N=C\C)Nc1ccc(NC(=O)CC=O)cc1.CNCC1(C)COC1. The average Bonchev–Trinajstić information content (AvgIpc) is 2.84. The van der Waals surface area contributed by atoms with E-state index in [1.807, 2.05) is 26.0 Å². The van der Waals surface area contributed by atoms with Crippen LogP contribution in [-0.4, -0.2) is 77.4 Å². The van der Waals surface area contributed by atoms with Gasteiger partial charge in [0.25, 0.3) is 0 Å². The van der Waals surface area contributed by atoms with Crippen molar-refractivity contribution in [3.05, 3.63) is 52.7 Å². The van der Waals surface area contributed by atoms with Crippen LogP contribution in [0, 0.1) is 11.2 Å². The maximum Gasteiger partial charge on any atom is 0.231 e. The van der Waals surface area contributed by atoms with Crippen LogP contribution < -0.4 is 31.1 Å². The van der Waals surface area contributed by atoms with E-state index in [1.54, 1.807) is 43.5 Å². The van der Waals surface area contributed by atoms with Gasteiger partial charge in [-0.25, -0.2) is 9.38 Å². The highest BCUT2D eigenvalue weighted by Gasteiger charge is 2.32. The maximum absolute atomic E-state index is 14.9. The van der Waals surface area contributed by atoms with E-state index >= 15 is 0 Å². The largest absolute Gasteiger partial charge is 0.492 e. The predicted molar refractivity (Wildman–Crippen MR) is 155 cm³/mol. The highest BCUT2D eigenvalue weighted by atomic mass is 19.1. The minimum atomic E-state index is -0.502. The molecule has 0 aliphatic carbocycles. The number of halogens is 1. The Morgan fingerprint density at radius 2 is 1.85 bits per heavy atom. The van der Waals surface area contributed by atoms with Gasteiger partial charge in [-0.05, 0) is 63.6 Å². The van der Waals surface area contributed by atoms with Crippen LogP contribution in [0.2, 0.25) is 0 Å². The van der Waals surface area contributed by atoms with Gasteiger partial charge in [0.15, 0.2) is 0 Å². The van der Waals surface area contributed by atoms with Crippen molar-refractivity contribution in [3.8, 4) is 5.75 Å². The molecule has 2 aromatic rings. The Morgan fingerprint density at radius 3 is 2.31 bits per heavy atom. The first-order valence-corrected chi connectivity index (χ1v) is 12.7. The maximum atomic E-state index is 14.9. The second-order valence-corrected chi connectivity index (χ2v) is 9.78. The number of ether oxygens (including phenoxy) is 2. The van der Waals surface area contributed by atoms with Crippen molar-refractivity contribution in [2.75, 3.05) is 64.7 Å². The fourth-order valence-corrected chi connectivity index (χ4v) is 3.66. The van der Waals surface area contributed by atoms with Gasteiger partial charge < -0.3 is 35.1 Å². The number of carbonyl (C=O) groups is 2. The fraction of sp³-hybridized carbons (Fsp3) is 0.414. The van der Waals surface area contributed by atoms with E-state index in [1.165, 1.54) is 6.07 Å². The topological polar surface area (TPSA) is 104 Å². The number of benzene rings is 2. The minimum Gasteiger partial charge on any atom is -0.492 e. The van der Waals surface area contributed by atoms with Crippen molar-refractivity contribution in [2.24, 2.45) is 10.4 Å². The first-order valence-electron chi connectivity index (χ1n) is 12.7. The number of anilines is 2. The third-order valence-electron chi connectivity index (χ3n) is 5.65. The molecule has 0 spiro atoms. The summed E-state index contributed by atoms with van der Waals surface area (Å²) in [6.45, 7) is 12.0. The molecular formula is C29H40FN5O4. The summed E-state index contributed by atoms with van der Waals surface area (Å²) in [4.78, 5) is 28.1. The molecule has 0 aromatic heterocycles. The Balaban J connectivity index is 0.000000568. The summed E-state index contributed by atoms with van der Waals surface area (Å²) < 4.78 is 25.6. The van der Waals surface area contributed by atoms with Gasteiger partial charge in [0, 0.05) is 42.2 Å². The molecular weight excluding hydrogens is 501 g/mol. The molecule has 1 fully saturated rings. The molecule has 1 aliphatic rings. The third kappa shape index (κ3) is 10.6. The molecule has 10 heteroatoms. The zero-order chi connectivity index (χ0) is 28.8. The quantitative estimate of drug-likeness (QED) is 0.215. The summed E-state index contributed by atoms with van der Waals surface area (Å²) in [6.07, 6.45) is 1.89. The van der Waals surface area contributed by atoms with Gasteiger partial charge in [-0.2, -0.15) is 0 Å². The predicted octanol–water partition coefficient (Wildman–Crippen LogP) is 2.21. The van der Waals surface area contributed by atoms with E-state index in [-0.39, 0.29) is 11.6 Å². The van der Waals surface area contributed by atoms with E-state index in [9.17, 15) is 14.0 Å². The lowest BCUT2D eigenvalue weighted by Crippen LogP contribution is -2.46. The van der Waals surface area contributed by atoms with Gasteiger partial charge in [-0.1, -0.05) is 13.5 Å². The lowest BCUT2D eigenvalue weighted by atomic mass is 9.89. The number of nitrogens with zero attached hydrogens (tertiary/aromatic N) is 2. The van der Waals surface area contributed by atoms with Crippen LogP contribution in [-0.2, 0) is 14.3 Å². The highest BCUT2D eigenvalue weighted by molar-refractivity contribution is 5.98. The second-order valence-electron chi connectivity index (χ2n) is 9.78.